The van der Waals surface area contributed by atoms with Gasteiger partial charge in [0.25, 0.3) is 0 Å². The van der Waals surface area contributed by atoms with Gasteiger partial charge in [0.1, 0.15) is 0 Å². The van der Waals surface area contributed by atoms with Crippen LogP contribution in [0, 0.1) is 11.8 Å². The molecule has 19 heavy (non-hydrogen) atoms. The fourth-order valence-corrected chi connectivity index (χ4v) is 3.90. The Balaban J connectivity index is 1.83. The van der Waals surface area contributed by atoms with E-state index in [0.717, 1.165) is 24.4 Å². The Hall–Kier alpha value is -0.120. The third-order valence-electron chi connectivity index (χ3n) is 5.29. The van der Waals surface area contributed by atoms with Crippen molar-refractivity contribution < 1.29 is 0 Å². The fraction of sp³-hybridized carbons (Fsp3) is 1.00. The van der Waals surface area contributed by atoms with E-state index in [1.807, 2.05) is 0 Å². The Kier molecular flexibility index (Phi) is 6.11. The van der Waals surface area contributed by atoms with E-state index >= 15 is 0 Å². The van der Waals surface area contributed by atoms with E-state index in [-0.39, 0.29) is 0 Å². The van der Waals surface area contributed by atoms with Gasteiger partial charge in [-0.15, -0.1) is 0 Å². The van der Waals surface area contributed by atoms with Crippen molar-refractivity contribution in [2.45, 2.75) is 51.5 Å². The summed E-state index contributed by atoms with van der Waals surface area (Å²) in [6.07, 6.45) is 8.18. The van der Waals surface area contributed by atoms with Crippen LogP contribution < -0.4 is 5.73 Å². The van der Waals surface area contributed by atoms with Gasteiger partial charge in [0, 0.05) is 19.1 Å². The summed E-state index contributed by atoms with van der Waals surface area (Å²) >= 11 is 0. The van der Waals surface area contributed by atoms with E-state index in [0.29, 0.717) is 0 Å². The van der Waals surface area contributed by atoms with Crippen LogP contribution >= 0.6 is 0 Å². The van der Waals surface area contributed by atoms with Crippen LogP contribution in [-0.4, -0.2) is 55.6 Å². The van der Waals surface area contributed by atoms with Crippen LogP contribution in [0.3, 0.4) is 0 Å². The molecule has 1 saturated carbocycles. The van der Waals surface area contributed by atoms with Crippen molar-refractivity contribution >= 4 is 0 Å². The maximum absolute atomic E-state index is 5.80. The lowest BCUT2D eigenvalue weighted by Crippen LogP contribution is -2.42. The number of rotatable bonds is 4. The van der Waals surface area contributed by atoms with Gasteiger partial charge in [-0.2, -0.15) is 0 Å². The highest BCUT2D eigenvalue weighted by molar-refractivity contribution is 4.82. The van der Waals surface area contributed by atoms with Gasteiger partial charge < -0.3 is 10.6 Å². The van der Waals surface area contributed by atoms with E-state index in [2.05, 4.69) is 23.8 Å². The second kappa shape index (κ2) is 7.61. The molecular weight excluding hydrogens is 234 g/mol. The molecule has 2 rings (SSSR count). The first kappa shape index (κ1) is 15.3. The van der Waals surface area contributed by atoms with Crippen LogP contribution in [0.5, 0.6) is 0 Å². The van der Waals surface area contributed by atoms with E-state index in [1.54, 1.807) is 0 Å². The maximum atomic E-state index is 5.80. The third kappa shape index (κ3) is 4.44. The van der Waals surface area contributed by atoms with E-state index in [4.69, 9.17) is 5.73 Å². The summed E-state index contributed by atoms with van der Waals surface area (Å²) in [7, 11) is 2.28. The number of nitrogens with zero attached hydrogens (tertiary/aromatic N) is 2. The molecule has 1 saturated heterocycles. The molecule has 3 nitrogen and oxygen atoms in total. The second-order valence-electron chi connectivity index (χ2n) is 6.80. The SMILES string of the molecule is CCC1CN(C)CCCN1CC1CCC(CN)CC1. The molecule has 0 spiro atoms. The summed E-state index contributed by atoms with van der Waals surface area (Å²) in [5.41, 5.74) is 5.80. The summed E-state index contributed by atoms with van der Waals surface area (Å²) < 4.78 is 0. The van der Waals surface area contributed by atoms with Gasteiger partial charge in [-0.05, 0) is 77.0 Å². The topological polar surface area (TPSA) is 32.5 Å². The highest BCUT2D eigenvalue weighted by Crippen LogP contribution is 2.29. The lowest BCUT2D eigenvalue weighted by atomic mass is 9.81. The molecule has 2 aliphatic rings. The smallest absolute Gasteiger partial charge is 0.0220 e. The molecule has 0 aromatic heterocycles. The summed E-state index contributed by atoms with van der Waals surface area (Å²) in [4.78, 5) is 5.30. The number of hydrogen-bond donors (Lipinski definition) is 1. The van der Waals surface area contributed by atoms with Gasteiger partial charge >= 0.3 is 0 Å². The van der Waals surface area contributed by atoms with E-state index in [9.17, 15) is 0 Å². The van der Waals surface area contributed by atoms with Crippen LogP contribution in [0.25, 0.3) is 0 Å². The fourth-order valence-electron chi connectivity index (χ4n) is 3.90. The monoisotopic (exact) mass is 267 g/mol. The van der Waals surface area contributed by atoms with Gasteiger partial charge in [-0.3, -0.25) is 4.90 Å². The highest BCUT2D eigenvalue weighted by atomic mass is 15.2. The Labute approximate surface area is 119 Å². The standard InChI is InChI=1S/C16H33N3/c1-3-16-13-18(2)9-4-10-19(16)12-15-7-5-14(11-17)6-8-15/h14-16H,3-13,17H2,1-2H3. The van der Waals surface area contributed by atoms with Crippen molar-refractivity contribution in [3.05, 3.63) is 0 Å². The molecule has 1 heterocycles. The second-order valence-corrected chi connectivity index (χ2v) is 6.80. The zero-order valence-electron chi connectivity index (χ0n) is 13.0. The number of hydrogen-bond acceptors (Lipinski definition) is 3. The zero-order chi connectivity index (χ0) is 13.7. The van der Waals surface area contributed by atoms with Crippen molar-refractivity contribution in [2.75, 3.05) is 39.8 Å². The normalized spacial score (nSPS) is 35.2. The Morgan fingerprint density at radius 3 is 2.37 bits per heavy atom. The average molecular weight is 267 g/mol. The van der Waals surface area contributed by atoms with Crippen LogP contribution in [0.1, 0.15) is 45.4 Å². The zero-order valence-corrected chi connectivity index (χ0v) is 13.0. The van der Waals surface area contributed by atoms with Gasteiger partial charge in [-0.1, -0.05) is 6.92 Å². The highest BCUT2D eigenvalue weighted by Gasteiger charge is 2.26. The van der Waals surface area contributed by atoms with Crippen LogP contribution in [0.4, 0.5) is 0 Å². The van der Waals surface area contributed by atoms with Crippen molar-refractivity contribution in [3.8, 4) is 0 Å². The first-order valence-electron chi connectivity index (χ1n) is 8.35. The molecule has 2 fully saturated rings. The van der Waals surface area contributed by atoms with Crippen LogP contribution in [-0.2, 0) is 0 Å². The van der Waals surface area contributed by atoms with Crippen molar-refractivity contribution in [1.82, 2.24) is 9.80 Å². The third-order valence-corrected chi connectivity index (χ3v) is 5.29. The summed E-state index contributed by atoms with van der Waals surface area (Å²) in [6, 6.07) is 0.778. The molecule has 0 bridgehead atoms. The van der Waals surface area contributed by atoms with Gasteiger partial charge in [0.05, 0.1) is 0 Å². The van der Waals surface area contributed by atoms with Crippen LogP contribution in [0.2, 0.25) is 0 Å². The molecule has 112 valence electrons. The lowest BCUT2D eigenvalue weighted by molar-refractivity contribution is 0.134. The Morgan fingerprint density at radius 1 is 1.05 bits per heavy atom. The molecule has 1 atom stereocenters. The van der Waals surface area contributed by atoms with Crippen molar-refractivity contribution in [2.24, 2.45) is 17.6 Å². The Bertz CT molecular complexity index is 248. The molecule has 1 aliphatic heterocycles. The summed E-state index contributed by atoms with van der Waals surface area (Å²) in [5, 5.41) is 0. The molecule has 0 amide bonds. The molecule has 1 aliphatic carbocycles. The lowest BCUT2D eigenvalue weighted by Gasteiger charge is -2.36. The predicted octanol–water partition coefficient (Wildman–Crippen LogP) is 2.17. The van der Waals surface area contributed by atoms with Gasteiger partial charge in [0.15, 0.2) is 0 Å². The van der Waals surface area contributed by atoms with E-state index in [1.165, 1.54) is 64.7 Å². The minimum absolute atomic E-state index is 0.778. The minimum atomic E-state index is 0.778. The quantitative estimate of drug-likeness (QED) is 0.847. The molecule has 0 radical (unpaired) electrons. The molecule has 0 aromatic carbocycles. The largest absolute Gasteiger partial charge is 0.330 e. The van der Waals surface area contributed by atoms with Gasteiger partial charge in [0.2, 0.25) is 0 Å². The molecule has 1 unspecified atom stereocenters. The molecule has 3 heteroatoms. The average Bonchev–Trinajstić information content (AvgIpc) is 2.61. The first-order valence-corrected chi connectivity index (χ1v) is 8.35. The number of likely N-dealkylation sites (N-methyl/N-ethyl adjacent to an activating group) is 1. The first-order chi connectivity index (χ1) is 9.22. The van der Waals surface area contributed by atoms with E-state index < -0.39 is 0 Å². The maximum Gasteiger partial charge on any atom is 0.0220 e. The summed E-state index contributed by atoms with van der Waals surface area (Å²) in [5.74, 6) is 1.74. The predicted molar refractivity (Wildman–Crippen MR) is 82.3 cm³/mol. The molecular formula is C16H33N3. The van der Waals surface area contributed by atoms with Gasteiger partial charge in [-0.25, -0.2) is 0 Å². The minimum Gasteiger partial charge on any atom is -0.330 e. The summed E-state index contributed by atoms with van der Waals surface area (Å²) in [6.45, 7) is 8.42. The van der Waals surface area contributed by atoms with Crippen LogP contribution in [0.15, 0.2) is 0 Å². The van der Waals surface area contributed by atoms with Crippen molar-refractivity contribution in [1.29, 1.82) is 0 Å². The van der Waals surface area contributed by atoms with Crippen molar-refractivity contribution in [3.63, 3.8) is 0 Å². The molecule has 2 N–H and O–H groups in total. The Morgan fingerprint density at radius 2 is 1.74 bits per heavy atom. The number of nitrogens with two attached hydrogens (primary N) is 1. The molecule has 0 aromatic rings.